The Morgan fingerprint density at radius 2 is 2.06 bits per heavy atom. The summed E-state index contributed by atoms with van der Waals surface area (Å²) in [7, 11) is 0. The Kier molecular flexibility index (Phi) is 4.45. The summed E-state index contributed by atoms with van der Waals surface area (Å²) in [4.78, 5) is 0. The number of rotatable bonds is 2. The Morgan fingerprint density at radius 1 is 1.19 bits per heavy atom. The average Bonchev–Trinajstić information content (AvgIpc) is 2.54. The standard InChI is InChI=1S/C15H27N/c1-2-12-6-5-8-13(10-12)14-7-3-4-9-15(16)11-14/h11-13,15H,2-10,16H2,1H3. The molecule has 1 heteroatoms. The predicted octanol–water partition coefficient (Wildman–Crippen LogP) is 4.03. The van der Waals surface area contributed by atoms with Gasteiger partial charge in [0.1, 0.15) is 0 Å². The Labute approximate surface area is 100 Å². The molecule has 1 nitrogen and oxygen atoms in total. The lowest BCUT2D eigenvalue weighted by atomic mass is 9.75. The van der Waals surface area contributed by atoms with Crippen LogP contribution < -0.4 is 5.73 Å². The van der Waals surface area contributed by atoms with E-state index in [1.54, 1.807) is 5.57 Å². The summed E-state index contributed by atoms with van der Waals surface area (Å²) < 4.78 is 0. The fourth-order valence-corrected chi connectivity index (χ4v) is 3.49. The van der Waals surface area contributed by atoms with Gasteiger partial charge < -0.3 is 5.73 Å². The van der Waals surface area contributed by atoms with Gasteiger partial charge in [-0.15, -0.1) is 0 Å². The van der Waals surface area contributed by atoms with Gasteiger partial charge in [-0.1, -0.05) is 44.3 Å². The van der Waals surface area contributed by atoms with Crippen molar-refractivity contribution in [2.24, 2.45) is 17.6 Å². The zero-order valence-electron chi connectivity index (χ0n) is 10.8. The van der Waals surface area contributed by atoms with E-state index in [-0.39, 0.29) is 0 Å². The van der Waals surface area contributed by atoms with Crippen LogP contribution in [-0.4, -0.2) is 6.04 Å². The van der Waals surface area contributed by atoms with Crippen LogP contribution in [0.4, 0.5) is 0 Å². The van der Waals surface area contributed by atoms with Crippen LogP contribution in [0.1, 0.15) is 64.7 Å². The highest BCUT2D eigenvalue weighted by Crippen LogP contribution is 2.37. The molecule has 2 rings (SSSR count). The molecule has 0 aliphatic heterocycles. The topological polar surface area (TPSA) is 26.0 Å². The van der Waals surface area contributed by atoms with Crippen molar-refractivity contribution < 1.29 is 0 Å². The first-order chi connectivity index (χ1) is 7.79. The molecule has 0 aromatic carbocycles. The Hall–Kier alpha value is -0.300. The molecule has 0 radical (unpaired) electrons. The largest absolute Gasteiger partial charge is 0.324 e. The smallest absolute Gasteiger partial charge is 0.0226 e. The quantitative estimate of drug-likeness (QED) is 0.700. The van der Waals surface area contributed by atoms with E-state index in [4.69, 9.17) is 5.73 Å². The zero-order chi connectivity index (χ0) is 11.4. The van der Waals surface area contributed by atoms with E-state index in [9.17, 15) is 0 Å². The van der Waals surface area contributed by atoms with Crippen molar-refractivity contribution >= 4 is 0 Å². The molecule has 2 aliphatic carbocycles. The lowest BCUT2D eigenvalue weighted by Crippen LogP contribution is -2.20. The van der Waals surface area contributed by atoms with E-state index in [2.05, 4.69) is 13.0 Å². The fraction of sp³-hybridized carbons (Fsp3) is 0.867. The Bertz CT molecular complexity index is 244. The number of hydrogen-bond donors (Lipinski definition) is 1. The monoisotopic (exact) mass is 221 g/mol. The van der Waals surface area contributed by atoms with Crippen LogP contribution in [0.2, 0.25) is 0 Å². The first-order valence-electron chi connectivity index (χ1n) is 7.25. The van der Waals surface area contributed by atoms with Crippen molar-refractivity contribution in [2.45, 2.75) is 70.8 Å². The van der Waals surface area contributed by atoms with Gasteiger partial charge in [-0.25, -0.2) is 0 Å². The summed E-state index contributed by atoms with van der Waals surface area (Å²) in [5, 5.41) is 0. The highest BCUT2D eigenvalue weighted by molar-refractivity contribution is 5.13. The predicted molar refractivity (Wildman–Crippen MR) is 70.3 cm³/mol. The summed E-state index contributed by atoms with van der Waals surface area (Å²) >= 11 is 0. The molecule has 2 aliphatic rings. The maximum absolute atomic E-state index is 6.12. The third kappa shape index (κ3) is 3.10. The van der Waals surface area contributed by atoms with Crippen molar-refractivity contribution in [2.75, 3.05) is 0 Å². The highest BCUT2D eigenvalue weighted by Gasteiger charge is 2.24. The zero-order valence-corrected chi connectivity index (χ0v) is 10.8. The van der Waals surface area contributed by atoms with Gasteiger partial charge in [0.05, 0.1) is 0 Å². The molecule has 92 valence electrons. The lowest BCUT2D eigenvalue weighted by molar-refractivity contribution is 0.284. The first kappa shape index (κ1) is 12.2. The number of nitrogens with two attached hydrogens (primary N) is 1. The third-order valence-electron chi connectivity index (χ3n) is 4.57. The second-order valence-corrected chi connectivity index (χ2v) is 5.79. The minimum absolute atomic E-state index is 0.347. The van der Waals surface area contributed by atoms with Crippen LogP contribution >= 0.6 is 0 Å². The van der Waals surface area contributed by atoms with Gasteiger partial charge in [0.25, 0.3) is 0 Å². The third-order valence-corrected chi connectivity index (χ3v) is 4.57. The van der Waals surface area contributed by atoms with Crippen molar-refractivity contribution in [3.63, 3.8) is 0 Å². The van der Waals surface area contributed by atoms with Crippen LogP contribution in [0.25, 0.3) is 0 Å². The second-order valence-electron chi connectivity index (χ2n) is 5.79. The molecule has 1 fully saturated rings. The Morgan fingerprint density at radius 3 is 2.88 bits per heavy atom. The van der Waals surface area contributed by atoms with Crippen molar-refractivity contribution in [3.05, 3.63) is 11.6 Å². The van der Waals surface area contributed by atoms with Gasteiger partial charge in [0, 0.05) is 6.04 Å². The van der Waals surface area contributed by atoms with Crippen molar-refractivity contribution in [1.82, 2.24) is 0 Å². The molecule has 3 atom stereocenters. The highest BCUT2D eigenvalue weighted by atomic mass is 14.6. The maximum Gasteiger partial charge on any atom is 0.0226 e. The SMILES string of the molecule is CCC1CCCC(C2=CC(N)CCCC2)C1. The van der Waals surface area contributed by atoms with Crippen LogP contribution in [0.15, 0.2) is 11.6 Å². The summed E-state index contributed by atoms with van der Waals surface area (Å²) in [6.07, 6.45) is 14.8. The van der Waals surface area contributed by atoms with Crippen LogP contribution in [0, 0.1) is 11.8 Å². The number of hydrogen-bond acceptors (Lipinski definition) is 1. The molecule has 0 spiro atoms. The minimum Gasteiger partial charge on any atom is -0.324 e. The minimum atomic E-state index is 0.347. The molecule has 0 heterocycles. The molecule has 0 aromatic heterocycles. The summed E-state index contributed by atoms with van der Waals surface area (Å²) in [5.74, 6) is 1.86. The van der Waals surface area contributed by atoms with Crippen LogP contribution in [0.5, 0.6) is 0 Å². The molecule has 0 bridgehead atoms. The van der Waals surface area contributed by atoms with E-state index in [1.165, 1.54) is 57.8 Å². The number of allylic oxidation sites excluding steroid dienone is 1. The van der Waals surface area contributed by atoms with Gasteiger partial charge in [0.15, 0.2) is 0 Å². The summed E-state index contributed by atoms with van der Waals surface area (Å²) in [6, 6.07) is 0.347. The summed E-state index contributed by atoms with van der Waals surface area (Å²) in [6.45, 7) is 2.35. The second kappa shape index (κ2) is 5.86. The van der Waals surface area contributed by atoms with E-state index in [0.717, 1.165) is 11.8 Å². The Balaban J connectivity index is 1.99. The van der Waals surface area contributed by atoms with Gasteiger partial charge in [0.2, 0.25) is 0 Å². The van der Waals surface area contributed by atoms with Gasteiger partial charge in [-0.05, 0) is 43.9 Å². The summed E-state index contributed by atoms with van der Waals surface area (Å²) in [5.41, 5.74) is 7.83. The molecule has 3 unspecified atom stereocenters. The van der Waals surface area contributed by atoms with Crippen LogP contribution in [-0.2, 0) is 0 Å². The van der Waals surface area contributed by atoms with Crippen molar-refractivity contribution in [3.8, 4) is 0 Å². The van der Waals surface area contributed by atoms with Crippen LogP contribution in [0.3, 0.4) is 0 Å². The first-order valence-corrected chi connectivity index (χ1v) is 7.25. The molecule has 0 saturated heterocycles. The molecule has 16 heavy (non-hydrogen) atoms. The lowest BCUT2D eigenvalue weighted by Gasteiger charge is -2.30. The van der Waals surface area contributed by atoms with E-state index in [0.29, 0.717) is 6.04 Å². The molecular formula is C15H27N. The average molecular weight is 221 g/mol. The maximum atomic E-state index is 6.12. The molecule has 1 saturated carbocycles. The van der Waals surface area contributed by atoms with E-state index >= 15 is 0 Å². The van der Waals surface area contributed by atoms with E-state index in [1.807, 2.05) is 0 Å². The van der Waals surface area contributed by atoms with Crippen molar-refractivity contribution in [1.29, 1.82) is 0 Å². The molecule has 0 amide bonds. The molecule has 0 aromatic rings. The molecular weight excluding hydrogens is 194 g/mol. The van der Waals surface area contributed by atoms with Gasteiger partial charge >= 0.3 is 0 Å². The normalized spacial score (nSPS) is 36.6. The van der Waals surface area contributed by atoms with Gasteiger partial charge in [-0.3, -0.25) is 0 Å². The van der Waals surface area contributed by atoms with E-state index < -0.39 is 0 Å². The van der Waals surface area contributed by atoms with Gasteiger partial charge in [-0.2, -0.15) is 0 Å². The molecule has 2 N–H and O–H groups in total. The fourth-order valence-electron chi connectivity index (χ4n) is 3.49.